The van der Waals surface area contributed by atoms with Gasteiger partial charge < -0.3 is 9.64 Å². The summed E-state index contributed by atoms with van der Waals surface area (Å²) in [6.45, 7) is 1.27. The molecule has 124 valence electrons. The molecule has 24 heavy (non-hydrogen) atoms. The Balaban J connectivity index is 1.60. The van der Waals surface area contributed by atoms with Gasteiger partial charge in [0.1, 0.15) is 18.0 Å². The highest BCUT2D eigenvalue weighted by Crippen LogP contribution is 2.29. The second-order valence-corrected chi connectivity index (χ2v) is 5.37. The summed E-state index contributed by atoms with van der Waals surface area (Å²) in [5.41, 5.74) is -0.315. The van der Waals surface area contributed by atoms with Crippen molar-refractivity contribution < 1.29 is 17.9 Å². The van der Waals surface area contributed by atoms with E-state index in [9.17, 15) is 13.2 Å². The molecule has 0 aromatic carbocycles. The number of rotatable bonds is 3. The summed E-state index contributed by atoms with van der Waals surface area (Å²) in [6, 6.07) is 7.64. The third kappa shape index (κ3) is 3.56. The van der Waals surface area contributed by atoms with Crippen LogP contribution in [0.15, 0.2) is 36.7 Å². The van der Waals surface area contributed by atoms with Crippen LogP contribution in [0.1, 0.15) is 17.5 Å². The highest BCUT2D eigenvalue weighted by molar-refractivity contribution is 5.43. The van der Waals surface area contributed by atoms with Gasteiger partial charge in [0, 0.05) is 31.4 Å². The Morgan fingerprint density at radius 1 is 1.17 bits per heavy atom. The van der Waals surface area contributed by atoms with Gasteiger partial charge in [0.05, 0.1) is 17.7 Å². The molecule has 1 fully saturated rings. The molecule has 0 saturated carbocycles. The Labute approximate surface area is 136 Å². The van der Waals surface area contributed by atoms with Crippen LogP contribution in [0.2, 0.25) is 0 Å². The first-order chi connectivity index (χ1) is 11.5. The lowest BCUT2D eigenvalue weighted by Gasteiger charge is -2.17. The molecule has 8 heteroatoms. The fraction of sp³-hybridized carbons (Fsp3) is 0.312. The number of aromatic nitrogens is 2. The number of alkyl halides is 3. The molecule has 1 saturated heterocycles. The molecule has 0 radical (unpaired) electrons. The lowest BCUT2D eigenvalue weighted by molar-refractivity contribution is -0.137. The summed E-state index contributed by atoms with van der Waals surface area (Å²) in [5, 5.41) is 8.77. The van der Waals surface area contributed by atoms with Crippen molar-refractivity contribution in [1.29, 1.82) is 5.26 Å². The molecule has 1 aliphatic rings. The Bertz CT molecular complexity index is 738. The minimum absolute atomic E-state index is 0.169. The van der Waals surface area contributed by atoms with Crippen molar-refractivity contribution in [1.82, 2.24) is 9.97 Å². The van der Waals surface area contributed by atoms with Crippen molar-refractivity contribution in [2.24, 2.45) is 0 Å². The molecule has 0 N–H and O–H groups in total. The summed E-state index contributed by atoms with van der Waals surface area (Å²) in [4.78, 5) is 9.93. The van der Waals surface area contributed by atoms with Crippen LogP contribution in [-0.4, -0.2) is 29.2 Å². The molecule has 1 atom stereocenters. The largest absolute Gasteiger partial charge is 0.472 e. The van der Waals surface area contributed by atoms with Gasteiger partial charge in [-0.1, -0.05) is 0 Å². The van der Waals surface area contributed by atoms with Crippen LogP contribution >= 0.6 is 0 Å². The van der Waals surface area contributed by atoms with Gasteiger partial charge in [-0.3, -0.25) is 0 Å². The summed E-state index contributed by atoms with van der Waals surface area (Å²) in [7, 11) is 0. The minimum Gasteiger partial charge on any atom is -0.472 e. The molecule has 0 amide bonds. The second kappa shape index (κ2) is 6.35. The van der Waals surface area contributed by atoms with E-state index < -0.39 is 11.7 Å². The van der Waals surface area contributed by atoms with E-state index in [4.69, 9.17) is 10.00 Å². The maximum absolute atomic E-state index is 12.5. The van der Waals surface area contributed by atoms with E-state index in [2.05, 4.69) is 9.97 Å². The molecule has 0 aliphatic carbocycles. The number of pyridine rings is 2. The van der Waals surface area contributed by atoms with Crippen LogP contribution < -0.4 is 9.64 Å². The van der Waals surface area contributed by atoms with Gasteiger partial charge in [0.15, 0.2) is 0 Å². The second-order valence-electron chi connectivity index (χ2n) is 5.37. The minimum atomic E-state index is -4.41. The van der Waals surface area contributed by atoms with Gasteiger partial charge >= 0.3 is 6.18 Å². The summed E-state index contributed by atoms with van der Waals surface area (Å²) in [5.74, 6) is 0.906. The Morgan fingerprint density at radius 2 is 2.00 bits per heavy atom. The molecule has 3 rings (SSSR count). The number of hydrogen-bond acceptors (Lipinski definition) is 5. The molecule has 3 heterocycles. The smallest absolute Gasteiger partial charge is 0.417 e. The Kier molecular flexibility index (Phi) is 4.25. The number of nitrogens with zero attached hydrogens (tertiary/aromatic N) is 4. The van der Waals surface area contributed by atoms with Crippen LogP contribution in [0.5, 0.6) is 5.88 Å². The molecule has 0 spiro atoms. The van der Waals surface area contributed by atoms with Crippen molar-refractivity contribution in [3.8, 4) is 11.9 Å². The van der Waals surface area contributed by atoms with Gasteiger partial charge in [-0.25, -0.2) is 9.97 Å². The first-order valence-corrected chi connectivity index (χ1v) is 7.27. The molecule has 2 aromatic heterocycles. The van der Waals surface area contributed by atoms with Crippen molar-refractivity contribution >= 4 is 5.82 Å². The SMILES string of the molecule is N#Cc1ccc(N2CCC(Oc3ccc(C(F)(F)F)cn3)C2)nc1. The molecule has 5 nitrogen and oxygen atoms in total. The van der Waals surface area contributed by atoms with Crippen LogP contribution in [0.3, 0.4) is 0 Å². The van der Waals surface area contributed by atoms with Crippen molar-refractivity contribution in [3.63, 3.8) is 0 Å². The average molecular weight is 334 g/mol. The van der Waals surface area contributed by atoms with Crippen LogP contribution in [0.25, 0.3) is 0 Å². The van der Waals surface area contributed by atoms with Gasteiger partial charge in [-0.2, -0.15) is 18.4 Å². The van der Waals surface area contributed by atoms with Gasteiger partial charge in [0.25, 0.3) is 0 Å². The fourth-order valence-electron chi connectivity index (χ4n) is 2.46. The van der Waals surface area contributed by atoms with Gasteiger partial charge in [-0.15, -0.1) is 0 Å². The van der Waals surface area contributed by atoms with Crippen molar-refractivity contribution in [2.45, 2.75) is 18.7 Å². The van der Waals surface area contributed by atoms with Crippen molar-refractivity contribution in [2.75, 3.05) is 18.0 Å². The molecule has 1 unspecified atom stereocenters. The quantitative estimate of drug-likeness (QED) is 0.863. The zero-order chi connectivity index (χ0) is 17.2. The first-order valence-electron chi connectivity index (χ1n) is 7.27. The lowest BCUT2D eigenvalue weighted by Crippen LogP contribution is -2.25. The third-order valence-corrected chi connectivity index (χ3v) is 3.70. The van der Waals surface area contributed by atoms with E-state index in [1.54, 1.807) is 12.1 Å². The standard InChI is InChI=1S/C16H13F3N4O/c17-16(18,19)12-2-4-15(22-9-12)24-13-5-6-23(10-13)14-3-1-11(7-20)8-21-14/h1-4,8-9,13H,5-6,10H2. The zero-order valence-electron chi connectivity index (χ0n) is 12.5. The van der Waals surface area contributed by atoms with Crippen LogP contribution in [0, 0.1) is 11.3 Å². The van der Waals surface area contributed by atoms with Crippen LogP contribution in [-0.2, 0) is 6.18 Å². The van der Waals surface area contributed by atoms with E-state index in [0.717, 1.165) is 18.1 Å². The van der Waals surface area contributed by atoms with Gasteiger partial charge in [0.2, 0.25) is 5.88 Å². The topological polar surface area (TPSA) is 62.0 Å². The van der Waals surface area contributed by atoms with E-state index >= 15 is 0 Å². The maximum Gasteiger partial charge on any atom is 0.417 e. The Hall–Kier alpha value is -2.82. The number of nitriles is 1. The number of anilines is 1. The Morgan fingerprint density at radius 3 is 2.58 bits per heavy atom. The number of hydrogen-bond donors (Lipinski definition) is 0. The zero-order valence-corrected chi connectivity index (χ0v) is 12.5. The summed E-state index contributed by atoms with van der Waals surface area (Å²) >= 11 is 0. The van der Waals surface area contributed by atoms with E-state index in [-0.39, 0.29) is 12.0 Å². The van der Waals surface area contributed by atoms with E-state index in [1.165, 1.54) is 12.3 Å². The number of ether oxygens (including phenoxy) is 1. The first kappa shape index (κ1) is 16.1. The summed E-state index contributed by atoms with van der Waals surface area (Å²) < 4.78 is 43.1. The van der Waals surface area contributed by atoms with E-state index in [0.29, 0.717) is 25.1 Å². The molecular formula is C16H13F3N4O. The average Bonchev–Trinajstić information content (AvgIpc) is 3.03. The highest BCUT2D eigenvalue weighted by Gasteiger charge is 2.31. The normalized spacial score (nSPS) is 17.6. The molecule has 1 aliphatic heterocycles. The monoisotopic (exact) mass is 334 g/mol. The number of halogens is 3. The van der Waals surface area contributed by atoms with Gasteiger partial charge in [-0.05, 0) is 18.2 Å². The predicted octanol–water partition coefficient (Wildman–Crippen LogP) is 3.02. The fourth-order valence-corrected chi connectivity index (χ4v) is 2.46. The summed E-state index contributed by atoms with van der Waals surface area (Å²) in [6.07, 6.45) is -1.60. The van der Waals surface area contributed by atoms with Crippen molar-refractivity contribution in [3.05, 3.63) is 47.8 Å². The maximum atomic E-state index is 12.5. The predicted molar refractivity (Wildman–Crippen MR) is 79.4 cm³/mol. The van der Waals surface area contributed by atoms with Crippen LogP contribution in [0.4, 0.5) is 19.0 Å². The highest BCUT2D eigenvalue weighted by atomic mass is 19.4. The van der Waals surface area contributed by atoms with E-state index in [1.807, 2.05) is 11.0 Å². The molecule has 2 aromatic rings. The lowest BCUT2D eigenvalue weighted by atomic mass is 10.3. The molecular weight excluding hydrogens is 321 g/mol. The third-order valence-electron chi connectivity index (χ3n) is 3.70. The molecule has 0 bridgehead atoms.